The highest BCUT2D eigenvalue weighted by Crippen LogP contribution is 2.15. The Hall–Kier alpha value is -0.160. The Labute approximate surface area is 92.9 Å². The molecule has 1 fully saturated rings. The van der Waals surface area contributed by atoms with Crippen molar-refractivity contribution in [2.75, 3.05) is 40.4 Å². The van der Waals surface area contributed by atoms with Gasteiger partial charge in [0, 0.05) is 39.9 Å². The Bertz CT molecular complexity index is 166. The second kappa shape index (κ2) is 6.43. The Balaban J connectivity index is 2.33. The van der Waals surface area contributed by atoms with E-state index in [-0.39, 0.29) is 12.2 Å². The standard InChI is InChI=1S/C11H24N2O2/c1-5-12-9(2)6-13-7-10(14-3)11(8-13)15-4/h9-12H,5-8H2,1-4H3. The molecule has 4 nitrogen and oxygen atoms in total. The predicted octanol–water partition coefficient (Wildman–Crippen LogP) is 0.330. The molecule has 15 heavy (non-hydrogen) atoms. The van der Waals surface area contributed by atoms with E-state index in [9.17, 15) is 0 Å². The Morgan fingerprint density at radius 1 is 1.27 bits per heavy atom. The number of methoxy groups -OCH3 is 2. The van der Waals surface area contributed by atoms with Gasteiger partial charge in [-0.25, -0.2) is 0 Å². The van der Waals surface area contributed by atoms with Crippen molar-refractivity contribution >= 4 is 0 Å². The first-order chi connectivity index (χ1) is 7.21. The molecule has 1 N–H and O–H groups in total. The Morgan fingerprint density at radius 3 is 2.20 bits per heavy atom. The fourth-order valence-corrected chi connectivity index (χ4v) is 2.22. The molecular weight excluding hydrogens is 192 g/mol. The fourth-order valence-electron chi connectivity index (χ4n) is 2.22. The number of nitrogens with zero attached hydrogens (tertiary/aromatic N) is 1. The number of nitrogens with one attached hydrogen (secondary N) is 1. The zero-order valence-electron chi connectivity index (χ0n) is 10.3. The SMILES string of the molecule is CCNC(C)CN1CC(OC)C(OC)C1. The van der Waals surface area contributed by atoms with E-state index in [0.717, 1.165) is 26.2 Å². The van der Waals surface area contributed by atoms with Gasteiger partial charge in [0.1, 0.15) is 0 Å². The van der Waals surface area contributed by atoms with Gasteiger partial charge in [0.05, 0.1) is 12.2 Å². The molecule has 0 aromatic rings. The largest absolute Gasteiger partial charge is 0.377 e. The lowest BCUT2D eigenvalue weighted by atomic mass is 10.3. The zero-order valence-corrected chi connectivity index (χ0v) is 10.3. The third-order valence-electron chi connectivity index (χ3n) is 2.98. The van der Waals surface area contributed by atoms with Crippen molar-refractivity contribution in [1.82, 2.24) is 10.2 Å². The van der Waals surface area contributed by atoms with Crippen LogP contribution in [0, 0.1) is 0 Å². The lowest BCUT2D eigenvalue weighted by Crippen LogP contribution is -2.38. The van der Waals surface area contributed by atoms with Crippen LogP contribution in [0.1, 0.15) is 13.8 Å². The zero-order chi connectivity index (χ0) is 11.3. The summed E-state index contributed by atoms with van der Waals surface area (Å²) in [5, 5.41) is 3.41. The monoisotopic (exact) mass is 216 g/mol. The molecule has 1 saturated heterocycles. The molecule has 1 heterocycles. The fraction of sp³-hybridized carbons (Fsp3) is 1.00. The quantitative estimate of drug-likeness (QED) is 0.694. The molecule has 1 aliphatic heterocycles. The minimum Gasteiger partial charge on any atom is -0.377 e. The molecular formula is C11H24N2O2. The van der Waals surface area contributed by atoms with Gasteiger partial charge in [0.15, 0.2) is 0 Å². The average Bonchev–Trinajstić information content (AvgIpc) is 2.60. The molecule has 1 aliphatic rings. The number of hydrogen-bond donors (Lipinski definition) is 1. The molecule has 1 rings (SSSR count). The number of likely N-dealkylation sites (tertiary alicyclic amines) is 1. The lowest BCUT2D eigenvalue weighted by molar-refractivity contribution is -0.00461. The van der Waals surface area contributed by atoms with Crippen LogP contribution >= 0.6 is 0 Å². The molecule has 0 aromatic carbocycles. The summed E-state index contributed by atoms with van der Waals surface area (Å²) in [5.41, 5.74) is 0. The molecule has 0 aromatic heterocycles. The molecule has 3 unspecified atom stereocenters. The molecule has 0 saturated carbocycles. The highest BCUT2D eigenvalue weighted by molar-refractivity contribution is 4.87. The number of hydrogen-bond acceptors (Lipinski definition) is 4. The molecule has 0 radical (unpaired) electrons. The van der Waals surface area contributed by atoms with Gasteiger partial charge in [0.2, 0.25) is 0 Å². The van der Waals surface area contributed by atoms with E-state index in [1.807, 2.05) is 0 Å². The second-order valence-corrected chi connectivity index (χ2v) is 4.23. The minimum absolute atomic E-state index is 0.226. The van der Waals surface area contributed by atoms with Crippen LogP contribution in [0.5, 0.6) is 0 Å². The van der Waals surface area contributed by atoms with E-state index in [4.69, 9.17) is 9.47 Å². The third kappa shape index (κ3) is 3.72. The maximum atomic E-state index is 5.40. The summed E-state index contributed by atoms with van der Waals surface area (Å²) in [7, 11) is 3.52. The van der Waals surface area contributed by atoms with Gasteiger partial charge < -0.3 is 14.8 Å². The smallest absolute Gasteiger partial charge is 0.0971 e. The van der Waals surface area contributed by atoms with E-state index in [2.05, 4.69) is 24.1 Å². The van der Waals surface area contributed by atoms with E-state index >= 15 is 0 Å². The summed E-state index contributed by atoms with van der Waals surface area (Å²) in [6.45, 7) is 8.39. The van der Waals surface area contributed by atoms with Crippen LogP contribution in [0.15, 0.2) is 0 Å². The van der Waals surface area contributed by atoms with Gasteiger partial charge in [-0.05, 0) is 13.5 Å². The van der Waals surface area contributed by atoms with Gasteiger partial charge in [-0.15, -0.1) is 0 Å². The molecule has 4 heteroatoms. The van der Waals surface area contributed by atoms with Crippen LogP contribution in [-0.4, -0.2) is 63.5 Å². The number of rotatable bonds is 6. The van der Waals surface area contributed by atoms with Gasteiger partial charge >= 0.3 is 0 Å². The van der Waals surface area contributed by atoms with E-state index in [1.54, 1.807) is 14.2 Å². The number of ether oxygens (including phenoxy) is 2. The maximum absolute atomic E-state index is 5.40. The summed E-state index contributed by atoms with van der Waals surface area (Å²) in [5.74, 6) is 0. The maximum Gasteiger partial charge on any atom is 0.0971 e. The first kappa shape index (κ1) is 12.9. The Morgan fingerprint density at radius 2 is 1.80 bits per heavy atom. The highest BCUT2D eigenvalue weighted by Gasteiger charge is 2.33. The van der Waals surface area contributed by atoms with Crippen LogP contribution in [0.4, 0.5) is 0 Å². The molecule has 0 bridgehead atoms. The van der Waals surface area contributed by atoms with Crippen LogP contribution in [0.25, 0.3) is 0 Å². The van der Waals surface area contributed by atoms with Gasteiger partial charge in [0.25, 0.3) is 0 Å². The average molecular weight is 216 g/mol. The third-order valence-corrected chi connectivity index (χ3v) is 2.98. The van der Waals surface area contributed by atoms with Gasteiger partial charge in [-0.2, -0.15) is 0 Å². The Kier molecular flexibility index (Phi) is 5.53. The minimum atomic E-state index is 0.226. The lowest BCUT2D eigenvalue weighted by Gasteiger charge is -2.20. The van der Waals surface area contributed by atoms with Crippen LogP contribution < -0.4 is 5.32 Å². The van der Waals surface area contributed by atoms with E-state index < -0.39 is 0 Å². The van der Waals surface area contributed by atoms with Crippen LogP contribution in [-0.2, 0) is 9.47 Å². The van der Waals surface area contributed by atoms with E-state index in [1.165, 1.54) is 0 Å². The van der Waals surface area contributed by atoms with Crippen molar-refractivity contribution in [3.8, 4) is 0 Å². The predicted molar refractivity (Wildman–Crippen MR) is 61.2 cm³/mol. The summed E-state index contributed by atoms with van der Waals surface area (Å²) >= 11 is 0. The van der Waals surface area contributed by atoms with Gasteiger partial charge in [-0.3, -0.25) is 4.90 Å². The molecule has 0 aliphatic carbocycles. The van der Waals surface area contributed by atoms with Crippen molar-refractivity contribution < 1.29 is 9.47 Å². The van der Waals surface area contributed by atoms with Crippen LogP contribution in [0.2, 0.25) is 0 Å². The number of likely N-dealkylation sites (N-methyl/N-ethyl adjacent to an activating group) is 1. The summed E-state index contributed by atoms with van der Waals surface area (Å²) in [6.07, 6.45) is 0.452. The first-order valence-corrected chi connectivity index (χ1v) is 5.72. The topological polar surface area (TPSA) is 33.7 Å². The van der Waals surface area contributed by atoms with Crippen molar-refractivity contribution in [1.29, 1.82) is 0 Å². The van der Waals surface area contributed by atoms with Crippen molar-refractivity contribution in [2.24, 2.45) is 0 Å². The molecule has 0 amide bonds. The van der Waals surface area contributed by atoms with Crippen molar-refractivity contribution in [2.45, 2.75) is 32.1 Å². The molecule has 3 atom stereocenters. The van der Waals surface area contributed by atoms with Crippen LogP contribution in [0.3, 0.4) is 0 Å². The van der Waals surface area contributed by atoms with Crippen molar-refractivity contribution in [3.05, 3.63) is 0 Å². The van der Waals surface area contributed by atoms with Crippen molar-refractivity contribution in [3.63, 3.8) is 0 Å². The second-order valence-electron chi connectivity index (χ2n) is 4.23. The normalized spacial score (nSPS) is 29.6. The highest BCUT2D eigenvalue weighted by atomic mass is 16.5. The summed E-state index contributed by atoms with van der Waals surface area (Å²) < 4.78 is 10.8. The summed E-state index contributed by atoms with van der Waals surface area (Å²) in [6, 6.07) is 0.531. The first-order valence-electron chi connectivity index (χ1n) is 5.72. The van der Waals surface area contributed by atoms with Gasteiger partial charge in [-0.1, -0.05) is 6.92 Å². The molecule has 90 valence electrons. The molecule has 0 spiro atoms. The summed E-state index contributed by atoms with van der Waals surface area (Å²) in [4.78, 5) is 2.40. The van der Waals surface area contributed by atoms with E-state index in [0.29, 0.717) is 6.04 Å².